The molecule has 30 heavy (non-hydrogen) atoms. The lowest BCUT2D eigenvalue weighted by Gasteiger charge is -2.30. The second-order valence-corrected chi connectivity index (χ2v) is 7.48. The summed E-state index contributed by atoms with van der Waals surface area (Å²) in [6.45, 7) is 1.32. The second kappa shape index (κ2) is 9.09. The molecule has 0 spiro atoms. The van der Waals surface area contributed by atoms with E-state index in [2.05, 4.69) is 15.4 Å². The zero-order valence-corrected chi connectivity index (χ0v) is 17.2. The Balaban J connectivity index is 1.69. The van der Waals surface area contributed by atoms with Gasteiger partial charge in [0.15, 0.2) is 5.78 Å². The van der Waals surface area contributed by atoms with Crippen molar-refractivity contribution in [2.24, 2.45) is 13.0 Å². The van der Waals surface area contributed by atoms with Crippen molar-refractivity contribution in [1.29, 1.82) is 0 Å². The molecule has 2 aromatic heterocycles. The third-order valence-electron chi connectivity index (χ3n) is 5.43. The van der Waals surface area contributed by atoms with Crippen molar-refractivity contribution in [3.63, 3.8) is 0 Å². The van der Waals surface area contributed by atoms with E-state index in [1.807, 2.05) is 49.6 Å². The van der Waals surface area contributed by atoms with E-state index in [4.69, 9.17) is 9.47 Å². The standard InChI is InChI=1S/C23H26N4O3/c1-27-15-20(21(26-27)16-6-4-3-5-7-16)23(28)22(17-8-10-30-11-9-17)25-18-12-19(29-2)14-24-13-18/h3-7,12-15,17,22,25H,8-11H2,1-2H3. The molecular weight excluding hydrogens is 380 g/mol. The van der Waals surface area contributed by atoms with Crippen molar-refractivity contribution in [3.8, 4) is 17.0 Å². The van der Waals surface area contributed by atoms with Crippen LogP contribution in [0.15, 0.2) is 55.0 Å². The van der Waals surface area contributed by atoms with Gasteiger partial charge in [-0.05, 0) is 18.8 Å². The molecule has 1 aromatic carbocycles. The van der Waals surface area contributed by atoms with Crippen molar-refractivity contribution in [2.75, 3.05) is 25.6 Å². The number of ketones is 1. The summed E-state index contributed by atoms with van der Waals surface area (Å²) in [5, 5.41) is 8.00. The number of nitrogens with zero attached hydrogens (tertiary/aromatic N) is 3. The minimum absolute atomic E-state index is 0.0247. The minimum atomic E-state index is -0.408. The van der Waals surface area contributed by atoms with Crippen molar-refractivity contribution >= 4 is 11.5 Å². The fourth-order valence-corrected chi connectivity index (χ4v) is 3.88. The molecule has 1 aliphatic heterocycles. The molecule has 1 unspecified atom stereocenters. The maximum absolute atomic E-state index is 13.8. The Morgan fingerprint density at radius 2 is 2.00 bits per heavy atom. The van der Waals surface area contributed by atoms with Gasteiger partial charge in [0.25, 0.3) is 0 Å². The Morgan fingerprint density at radius 1 is 1.23 bits per heavy atom. The van der Waals surface area contributed by atoms with Crippen molar-refractivity contribution < 1.29 is 14.3 Å². The van der Waals surface area contributed by atoms with E-state index in [0.29, 0.717) is 30.2 Å². The highest BCUT2D eigenvalue weighted by atomic mass is 16.5. The van der Waals surface area contributed by atoms with Gasteiger partial charge in [0, 0.05) is 38.1 Å². The molecule has 1 aliphatic rings. The Hall–Kier alpha value is -3.19. The molecule has 3 heterocycles. The summed E-state index contributed by atoms with van der Waals surface area (Å²) in [5.41, 5.74) is 2.99. The molecular formula is C23H26N4O3. The van der Waals surface area contributed by atoms with E-state index in [9.17, 15) is 4.79 Å². The average molecular weight is 406 g/mol. The summed E-state index contributed by atoms with van der Waals surface area (Å²) >= 11 is 0. The number of carbonyl (C=O) groups excluding carboxylic acids is 1. The normalized spacial score (nSPS) is 15.5. The summed E-state index contributed by atoms with van der Waals surface area (Å²) in [5.74, 6) is 0.822. The minimum Gasteiger partial charge on any atom is -0.495 e. The quantitative estimate of drug-likeness (QED) is 0.604. The molecule has 1 saturated heterocycles. The topological polar surface area (TPSA) is 78.3 Å². The van der Waals surface area contributed by atoms with Crippen LogP contribution in [0.5, 0.6) is 5.75 Å². The number of pyridine rings is 1. The van der Waals surface area contributed by atoms with Crippen LogP contribution in [0.25, 0.3) is 11.3 Å². The van der Waals surface area contributed by atoms with E-state index in [0.717, 1.165) is 24.1 Å². The van der Waals surface area contributed by atoms with Crippen LogP contribution in [0.2, 0.25) is 0 Å². The van der Waals surface area contributed by atoms with Crippen LogP contribution in [0.1, 0.15) is 23.2 Å². The fraction of sp³-hybridized carbons (Fsp3) is 0.348. The molecule has 7 nitrogen and oxygen atoms in total. The third-order valence-corrected chi connectivity index (χ3v) is 5.43. The van der Waals surface area contributed by atoms with Gasteiger partial charge in [-0.25, -0.2) is 0 Å². The molecule has 1 N–H and O–H groups in total. The number of rotatable bonds is 7. The number of aromatic nitrogens is 3. The lowest BCUT2D eigenvalue weighted by molar-refractivity contribution is 0.0565. The molecule has 0 radical (unpaired) electrons. The van der Waals surface area contributed by atoms with Gasteiger partial charge in [0.05, 0.1) is 36.8 Å². The summed E-state index contributed by atoms with van der Waals surface area (Å²) in [4.78, 5) is 18.0. The van der Waals surface area contributed by atoms with E-state index >= 15 is 0 Å². The number of ether oxygens (including phenoxy) is 2. The number of Topliss-reactive ketones (excluding diaryl/α,β-unsaturated/α-hetero) is 1. The Morgan fingerprint density at radius 3 is 2.73 bits per heavy atom. The van der Waals surface area contributed by atoms with Gasteiger partial charge in [0.1, 0.15) is 11.4 Å². The average Bonchev–Trinajstić information content (AvgIpc) is 3.20. The van der Waals surface area contributed by atoms with Crippen molar-refractivity contribution in [2.45, 2.75) is 18.9 Å². The number of aryl methyl sites for hydroxylation is 1. The SMILES string of the molecule is COc1cncc(NC(C(=O)c2cn(C)nc2-c2ccccc2)C2CCOCC2)c1. The zero-order chi connectivity index (χ0) is 20.9. The predicted octanol–water partition coefficient (Wildman–Crippen LogP) is 3.58. The highest BCUT2D eigenvalue weighted by Gasteiger charge is 2.33. The van der Waals surface area contributed by atoms with Gasteiger partial charge in [-0.3, -0.25) is 14.5 Å². The molecule has 0 aliphatic carbocycles. The Bertz CT molecular complexity index is 997. The smallest absolute Gasteiger partial charge is 0.189 e. The zero-order valence-electron chi connectivity index (χ0n) is 17.2. The van der Waals surface area contributed by atoms with E-state index in [1.165, 1.54) is 0 Å². The van der Waals surface area contributed by atoms with Gasteiger partial charge in [0.2, 0.25) is 0 Å². The van der Waals surface area contributed by atoms with Crippen molar-refractivity contribution in [3.05, 3.63) is 60.6 Å². The largest absolute Gasteiger partial charge is 0.495 e. The number of hydrogen-bond donors (Lipinski definition) is 1. The van der Waals surface area contributed by atoms with Gasteiger partial charge < -0.3 is 14.8 Å². The summed E-state index contributed by atoms with van der Waals surface area (Å²) in [6.07, 6.45) is 6.81. The van der Waals surface area contributed by atoms with Gasteiger partial charge in [-0.2, -0.15) is 5.10 Å². The molecule has 0 saturated carbocycles. The lowest BCUT2D eigenvalue weighted by atomic mass is 9.86. The fourth-order valence-electron chi connectivity index (χ4n) is 3.88. The first-order valence-corrected chi connectivity index (χ1v) is 10.1. The number of carbonyl (C=O) groups is 1. The first-order valence-electron chi connectivity index (χ1n) is 10.1. The number of benzene rings is 1. The molecule has 156 valence electrons. The van der Waals surface area contributed by atoms with Crippen LogP contribution in [0, 0.1) is 5.92 Å². The lowest BCUT2D eigenvalue weighted by Crippen LogP contribution is -2.40. The monoisotopic (exact) mass is 406 g/mol. The highest BCUT2D eigenvalue weighted by molar-refractivity contribution is 6.06. The summed E-state index contributed by atoms with van der Waals surface area (Å²) < 4.78 is 12.5. The van der Waals surface area contributed by atoms with Crippen LogP contribution in [0.4, 0.5) is 5.69 Å². The Kier molecular flexibility index (Phi) is 6.09. The van der Waals surface area contributed by atoms with Crippen LogP contribution in [0.3, 0.4) is 0 Å². The van der Waals surface area contributed by atoms with E-state index < -0.39 is 6.04 Å². The highest BCUT2D eigenvalue weighted by Crippen LogP contribution is 2.29. The third kappa shape index (κ3) is 4.36. The maximum Gasteiger partial charge on any atom is 0.189 e. The molecule has 0 amide bonds. The van der Waals surface area contributed by atoms with Gasteiger partial charge >= 0.3 is 0 Å². The van der Waals surface area contributed by atoms with Crippen LogP contribution in [-0.4, -0.2) is 46.9 Å². The second-order valence-electron chi connectivity index (χ2n) is 7.48. The number of anilines is 1. The van der Waals surface area contributed by atoms with Crippen LogP contribution in [-0.2, 0) is 11.8 Å². The van der Waals surface area contributed by atoms with Crippen LogP contribution >= 0.6 is 0 Å². The van der Waals surface area contributed by atoms with Gasteiger partial charge in [-0.15, -0.1) is 0 Å². The molecule has 4 rings (SSSR count). The van der Waals surface area contributed by atoms with E-state index in [-0.39, 0.29) is 11.7 Å². The predicted molar refractivity (Wildman–Crippen MR) is 115 cm³/mol. The number of hydrogen-bond acceptors (Lipinski definition) is 6. The number of methoxy groups -OCH3 is 1. The maximum atomic E-state index is 13.8. The molecule has 1 fully saturated rings. The molecule has 3 aromatic rings. The number of nitrogens with one attached hydrogen (secondary N) is 1. The molecule has 0 bridgehead atoms. The molecule has 1 atom stereocenters. The summed E-state index contributed by atoms with van der Waals surface area (Å²) in [6, 6.07) is 11.3. The van der Waals surface area contributed by atoms with Crippen molar-refractivity contribution in [1.82, 2.24) is 14.8 Å². The first kappa shape index (κ1) is 20.1. The van der Waals surface area contributed by atoms with E-state index in [1.54, 1.807) is 24.2 Å². The molecule has 7 heteroatoms. The summed E-state index contributed by atoms with van der Waals surface area (Å²) in [7, 11) is 3.44. The van der Waals surface area contributed by atoms with Crippen LogP contribution < -0.4 is 10.1 Å². The Labute approximate surface area is 176 Å². The van der Waals surface area contributed by atoms with Gasteiger partial charge in [-0.1, -0.05) is 30.3 Å². The first-order chi connectivity index (χ1) is 14.7.